The third-order valence-electron chi connectivity index (χ3n) is 1.52. The van der Waals surface area contributed by atoms with Crippen LogP contribution in [0.2, 0.25) is 0 Å². The molecule has 3 heteroatoms. The van der Waals surface area contributed by atoms with Gasteiger partial charge in [0.15, 0.2) is 0 Å². The summed E-state index contributed by atoms with van der Waals surface area (Å²) in [5.41, 5.74) is 5.35. The van der Waals surface area contributed by atoms with Crippen LogP contribution in [0.15, 0.2) is 18.2 Å². The van der Waals surface area contributed by atoms with Gasteiger partial charge in [-0.2, -0.15) is 0 Å². The number of hydrogen-bond acceptors (Lipinski definition) is 2. The third kappa shape index (κ3) is 1.62. The van der Waals surface area contributed by atoms with Gasteiger partial charge in [0.1, 0.15) is 11.4 Å². The second-order valence-corrected chi connectivity index (χ2v) is 2.72. The number of benzene rings is 1. The first-order valence-corrected chi connectivity index (χ1v) is 3.43. The van der Waals surface area contributed by atoms with Gasteiger partial charge in [0.05, 0.1) is 5.69 Å². The molecule has 1 aromatic rings. The Kier molecular flexibility index (Phi) is 2.01. The second-order valence-electron chi connectivity index (χ2n) is 2.72. The van der Waals surface area contributed by atoms with Gasteiger partial charge in [-0.3, -0.25) is 0 Å². The van der Waals surface area contributed by atoms with Crippen molar-refractivity contribution in [3.8, 4) is 5.75 Å². The zero-order valence-corrected chi connectivity index (χ0v) is 6.83. The van der Waals surface area contributed by atoms with Gasteiger partial charge >= 0.3 is 0 Å². The molecule has 0 bridgehead atoms. The molecule has 0 saturated heterocycles. The predicted molar refractivity (Wildman–Crippen MR) is 45.0 cm³/mol. The summed E-state index contributed by atoms with van der Waals surface area (Å²) in [6.45, 7) is 0. The molecule has 0 spiro atoms. The molecule has 1 rings (SSSR count). The van der Waals surface area contributed by atoms with Crippen LogP contribution in [0.3, 0.4) is 0 Å². The highest BCUT2D eigenvalue weighted by molar-refractivity contribution is 5.60. The lowest BCUT2D eigenvalue weighted by Gasteiger charge is -2.13. The average Bonchev–Trinajstić information content (AvgIpc) is 1.85. The van der Waals surface area contributed by atoms with Gasteiger partial charge in [0, 0.05) is 26.2 Å². The molecule has 0 heterocycles. The summed E-state index contributed by atoms with van der Waals surface area (Å²) in [6.07, 6.45) is 0. The number of phenols is 1. The summed E-state index contributed by atoms with van der Waals surface area (Å²) >= 11 is 0. The molecule has 0 aromatic heterocycles. The van der Waals surface area contributed by atoms with Crippen LogP contribution in [-0.4, -0.2) is 19.2 Å². The summed E-state index contributed by atoms with van der Waals surface area (Å²) in [5.74, 6) is 0.280. The summed E-state index contributed by atoms with van der Waals surface area (Å²) < 4.78 is 0. The number of rotatable bonds is 1. The Morgan fingerprint density at radius 2 is 2.00 bits per heavy atom. The van der Waals surface area contributed by atoms with Crippen molar-refractivity contribution >= 4 is 11.4 Å². The van der Waals surface area contributed by atoms with Crippen LogP contribution in [-0.2, 0) is 0 Å². The maximum Gasteiger partial charge on any atom is 0.144 e. The maximum atomic E-state index is 9.38. The standard InChI is InChI=1S/C8H12N2O/c1-10(2)7-4-3-6(9)5-8(7)11/h3-5,11H,9H2,1-2H3/p+1. The molecule has 0 unspecified atom stereocenters. The number of quaternary nitrogens is 1. The summed E-state index contributed by atoms with van der Waals surface area (Å²) in [6, 6.07) is 5.36. The third-order valence-corrected chi connectivity index (χ3v) is 1.52. The van der Waals surface area contributed by atoms with Crippen LogP contribution in [0.4, 0.5) is 11.4 Å². The van der Waals surface area contributed by atoms with E-state index in [0.717, 1.165) is 11.4 Å². The lowest BCUT2D eigenvalue weighted by Crippen LogP contribution is -2.39. The van der Waals surface area contributed by atoms with Crippen molar-refractivity contribution in [3.63, 3.8) is 0 Å². The lowest BCUT2D eigenvalue weighted by atomic mass is 10.2. The van der Waals surface area contributed by atoms with E-state index in [1.54, 1.807) is 6.07 Å². The van der Waals surface area contributed by atoms with Crippen molar-refractivity contribution in [1.82, 2.24) is 0 Å². The Labute approximate surface area is 66.1 Å². The normalized spacial score (nSPS) is 9.73. The minimum atomic E-state index is 0.280. The van der Waals surface area contributed by atoms with Gasteiger partial charge < -0.3 is 15.7 Å². The largest absolute Gasteiger partial charge is 0.506 e. The van der Waals surface area contributed by atoms with Gasteiger partial charge in [-0.25, -0.2) is 0 Å². The van der Waals surface area contributed by atoms with Gasteiger partial charge in [0.25, 0.3) is 0 Å². The van der Waals surface area contributed by atoms with Crippen molar-refractivity contribution in [2.75, 3.05) is 19.0 Å². The molecule has 4 N–H and O–H groups in total. The molecule has 0 aliphatic carbocycles. The highest BCUT2D eigenvalue weighted by Gasteiger charge is 2.02. The monoisotopic (exact) mass is 153 g/mol. The van der Waals surface area contributed by atoms with E-state index in [0.29, 0.717) is 0 Å². The SMILES string of the molecule is CN(C)c1ccc([NH3+])cc1O. The van der Waals surface area contributed by atoms with E-state index in [9.17, 15) is 5.11 Å². The van der Waals surface area contributed by atoms with E-state index in [1.165, 1.54) is 0 Å². The Balaban J connectivity index is 3.09. The average molecular weight is 153 g/mol. The molecular weight excluding hydrogens is 140 g/mol. The fourth-order valence-electron chi connectivity index (χ4n) is 0.947. The Morgan fingerprint density at radius 1 is 1.36 bits per heavy atom. The van der Waals surface area contributed by atoms with E-state index in [1.807, 2.05) is 31.1 Å². The first-order chi connectivity index (χ1) is 5.11. The first kappa shape index (κ1) is 7.88. The van der Waals surface area contributed by atoms with E-state index in [-0.39, 0.29) is 5.75 Å². The molecule has 0 saturated carbocycles. The molecule has 11 heavy (non-hydrogen) atoms. The van der Waals surface area contributed by atoms with E-state index >= 15 is 0 Å². The molecule has 0 radical (unpaired) electrons. The summed E-state index contributed by atoms with van der Waals surface area (Å²) in [4.78, 5) is 1.86. The zero-order chi connectivity index (χ0) is 8.43. The van der Waals surface area contributed by atoms with E-state index in [4.69, 9.17) is 0 Å². The van der Waals surface area contributed by atoms with Crippen LogP contribution in [0.25, 0.3) is 0 Å². The fourth-order valence-corrected chi connectivity index (χ4v) is 0.947. The van der Waals surface area contributed by atoms with Gasteiger partial charge in [0.2, 0.25) is 0 Å². The zero-order valence-electron chi connectivity index (χ0n) is 6.83. The smallest absolute Gasteiger partial charge is 0.144 e. The summed E-state index contributed by atoms with van der Waals surface area (Å²) in [7, 11) is 3.77. The highest BCUT2D eigenvalue weighted by Crippen LogP contribution is 2.26. The van der Waals surface area contributed by atoms with Gasteiger partial charge in [-0.1, -0.05) is 0 Å². The minimum Gasteiger partial charge on any atom is -0.506 e. The Hall–Kier alpha value is -1.22. The fraction of sp³-hybridized carbons (Fsp3) is 0.250. The van der Waals surface area contributed by atoms with Crippen molar-refractivity contribution in [2.24, 2.45) is 0 Å². The Morgan fingerprint density at radius 3 is 2.45 bits per heavy atom. The minimum absolute atomic E-state index is 0.280. The molecule has 0 aliphatic rings. The highest BCUT2D eigenvalue weighted by atomic mass is 16.3. The molecule has 60 valence electrons. The number of nitrogens with zero attached hydrogens (tertiary/aromatic N) is 1. The maximum absolute atomic E-state index is 9.38. The van der Waals surface area contributed by atoms with Gasteiger partial charge in [-0.15, -0.1) is 0 Å². The number of aromatic hydroxyl groups is 1. The molecule has 1 aromatic carbocycles. The molecule has 0 amide bonds. The molecular formula is C8H13N2O+. The molecule has 3 nitrogen and oxygen atoms in total. The van der Waals surface area contributed by atoms with Crippen LogP contribution in [0, 0.1) is 0 Å². The van der Waals surface area contributed by atoms with Crippen molar-refractivity contribution in [1.29, 1.82) is 0 Å². The molecule has 0 aliphatic heterocycles. The van der Waals surface area contributed by atoms with Crippen LogP contribution in [0.1, 0.15) is 0 Å². The number of phenolic OH excluding ortho intramolecular Hbond substituents is 1. The molecule has 0 fully saturated rings. The quantitative estimate of drug-likeness (QED) is 0.611. The number of anilines is 1. The van der Waals surface area contributed by atoms with Crippen LogP contribution in [0.5, 0.6) is 5.75 Å². The lowest BCUT2D eigenvalue weighted by molar-refractivity contribution is -0.254. The van der Waals surface area contributed by atoms with E-state index < -0.39 is 0 Å². The Bertz CT molecular complexity index is 258. The summed E-state index contributed by atoms with van der Waals surface area (Å²) in [5, 5.41) is 9.38. The topological polar surface area (TPSA) is 51.1 Å². The van der Waals surface area contributed by atoms with Crippen LogP contribution < -0.4 is 10.6 Å². The van der Waals surface area contributed by atoms with Crippen molar-refractivity contribution in [3.05, 3.63) is 18.2 Å². The molecule has 0 atom stereocenters. The first-order valence-electron chi connectivity index (χ1n) is 3.43. The van der Waals surface area contributed by atoms with Crippen molar-refractivity contribution in [2.45, 2.75) is 0 Å². The van der Waals surface area contributed by atoms with Crippen LogP contribution >= 0.6 is 0 Å². The number of hydrogen-bond donors (Lipinski definition) is 2. The second kappa shape index (κ2) is 2.80. The van der Waals surface area contributed by atoms with E-state index in [2.05, 4.69) is 5.73 Å². The predicted octanol–water partition coefficient (Wildman–Crippen LogP) is 0.332. The van der Waals surface area contributed by atoms with Gasteiger partial charge in [-0.05, 0) is 6.07 Å². The van der Waals surface area contributed by atoms with Crippen molar-refractivity contribution < 1.29 is 10.8 Å².